The summed E-state index contributed by atoms with van der Waals surface area (Å²) >= 11 is 0. The van der Waals surface area contributed by atoms with Crippen LogP contribution < -0.4 is 0 Å². The van der Waals surface area contributed by atoms with Crippen LogP contribution in [0.2, 0.25) is 0 Å². The molecule has 92 valence electrons. The molecule has 0 spiro atoms. The summed E-state index contributed by atoms with van der Waals surface area (Å²) in [6, 6.07) is 2.01. The summed E-state index contributed by atoms with van der Waals surface area (Å²) < 4.78 is 5.17. The molecule has 0 saturated carbocycles. The van der Waals surface area contributed by atoms with E-state index in [2.05, 4.69) is 0 Å². The summed E-state index contributed by atoms with van der Waals surface area (Å²) in [4.78, 5) is 13.6. The van der Waals surface area contributed by atoms with Crippen molar-refractivity contribution < 1.29 is 9.53 Å². The zero-order chi connectivity index (χ0) is 12.8. The minimum Gasteiger partial charge on any atom is -0.459 e. The van der Waals surface area contributed by atoms with Gasteiger partial charge in [-0.1, -0.05) is 0 Å². The molecule has 0 aromatic carbocycles. The fourth-order valence-corrected chi connectivity index (χ4v) is 1.22. The number of nitrogens with zero attached hydrogens (tertiary/aromatic N) is 2. The summed E-state index contributed by atoms with van der Waals surface area (Å²) in [6.45, 7) is 6.29. The number of rotatable bonds is 5. The van der Waals surface area contributed by atoms with Crippen LogP contribution in [0.5, 0.6) is 0 Å². The third-order valence-corrected chi connectivity index (χ3v) is 1.95. The topological polar surface area (TPSA) is 53.3 Å². The molecule has 0 N–H and O–H groups in total. The van der Waals surface area contributed by atoms with Gasteiger partial charge in [0.1, 0.15) is 11.5 Å². The second kappa shape index (κ2) is 6.49. The molecule has 0 fully saturated rings. The zero-order valence-electron chi connectivity index (χ0n) is 10.9. The Morgan fingerprint density at radius 1 is 1.44 bits per heavy atom. The van der Waals surface area contributed by atoms with Gasteiger partial charge in [0.2, 0.25) is 0 Å². The van der Waals surface area contributed by atoms with Gasteiger partial charge in [-0.15, -0.1) is 0 Å². The lowest BCUT2D eigenvalue weighted by molar-refractivity contribution is -0.158. The van der Waals surface area contributed by atoms with E-state index in [0.717, 1.165) is 13.0 Å². The van der Waals surface area contributed by atoms with Crippen LogP contribution >= 0.6 is 0 Å². The standard InChI is InChI=1S/C12H22N2O2/c1-12(2,3)16-11(15)10(9-13)7-6-8-14(4)5/h10H,6-8H2,1-5H3. The molecule has 0 saturated heterocycles. The average Bonchev–Trinajstić information content (AvgIpc) is 2.08. The van der Waals surface area contributed by atoms with Crippen molar-refractivity contribution in [3.05, 3.63) is 0 Å². The van der Waals surface area contributed by atoms with Gasteiger partial charge in [-0.05, 0) is 54.3 Å². The smallest absolute Gasteiger partial charge is 0.323 e. The molecular formula is C12H22N2O2. The lowest BCUT2D eigenvalue weighted by atomic mass is 10.0. The summed E-state index contributed by atoms with van der Waals surface area (Å²) in [7, 11) is 3.93. The Kier molecular flexibility index (Phi) is 6.05. The first-order valence-corrected chi connectivity index (χ1v) is 5.53. The highest BCUT2D eigenvalue weighted by Gasteiger charge is 2.24. The average molecular weight is 226 g/mol. The molecule has 0 aromatic rings. The highest BCUT2D eigenvalue weighted by molar-refractivity contribution is 5.75. The molecule has 1 atom stereocenters. The van der Waals surface area contributed by atoms with Gasteiger partial charge in [0, 0.05) is 0 Å². The van der Waals surface area contributed by atoms with Gasteiger partial charge < -0.3 is 9.64 Å². The molecule has 0 bridgehead atoms. The van der Waals surface area contributed by atoms with Gasteiger partial charge >= 0.3 is 5.97 Å². The first-order valence-electron chi connectivity index (χ1n) is 5.53. The third kappa shape index (κ3) is 7.24. The normalized spacial score (nSPS) is 13.3. The van der Waals surface area contributed by atoms with E-state index in [1.165, 1.54) is 0 Å². The van der Waals surface area contributed by atoms with Crippen molar-refractivity contribution in [2.75, 3.05) is 20.6 Å². The van der Waals surface area contributed by atoms with E-state index >= 15 is 0 Å². The predicted molar refractivity (Wildman–Crippen MR) is 62.7 cm³/mol. The first-order chi connectivity index (χ1) is 7.26. The Labute approximate surface area is 98.2 Å². The number of carbonyl (C=O) groups excluding carboxylic acids is 1. The third-order valence-electron chi connectivity index (χ3n) is 1.95. The molecule has 0 heterocycles. The van der Waals surface area contributed by atoms with E-state index in [-0.39, 0.29) is 0 Å². The van der Waals surface area contributed by atoms with Gasteiger partial charge in [-0.3, -0.25) is 4.79 Å². The molecule has 4 nitrogen and oxygen atoms in total. The van der Waals surface area contributed by atoms with Crippen LogP contribution in [0.3, 0.4) is 0 Å². The molecule has 1 unspecified atom stereocenters. The minimum absolute atomic E-state index is 0.409. The quantitative estimate of drug-likeness (QED) is 0.671. The van der Waals surface area contributed by atoms with Crippen molar-refractivity contribution in [1.29, 1.82) is 5.26 Å². The van der Waals surface area contributed by atoms with Crippen molar-refractivity contribution in [2.45, 2.75) is 39.2 Å². The maximum absolute atomic E-state index is 11.6. The number of esters is 1. The Morgan fingerprint density at radius 3 is 2.38 bits per heavy atom. The lowest BCUT2D eigenvalue weighted by Crippen LogP contribution is -2.28. The molecule has 0 aliphatic rings. The van der Waals surface area contributed by atoms with Crippen LogP contribution in [0.25, 0.3) is 0 Å². The van der Waals surface area contributed by atoms with Gasteiger partial charge in [0.25, 0.3) is 0 Å². The molecule has 0 aliphatic carbocycles. The summed E-state index contributed by atoms with van der Waals surface area (Å²) in [5, 5.41) is 8.89. The number of carbonyl (C=O) groups is 1. The molecule has 0 aromatic heterocycles. The van der Waals surface area contributed by atoms with E-state index in [4.69, 9.17) is 10.00 Å². The largest absolute Gasteiger partial charge is 0.459 e. The Hall–Kier alpha value is -1.08. The fraction of sp³-hybridized carbons (Fsp3) is 0.833. The van der Waals surface area contributed by atoms with Crippen molar-refractivity contribution in [3.8, 4) is 6.07 Å². The fourth-order valence-electron chi connectivity index (χ4n) is 1.22. The van der Waals surface area contributed by atoms with E-state index in [0.29, 0.717) is 6.42 Å². The molecule has 0 amide bonds. The Morgan fingerprint density at radius 2 is 2.00 bits per heavy atom. The Bertz CT molecular complexity index is 261. The van der Waals surface area contributed by atoms with Crippen molar-refractivity contribution in [1.82, 2.24) is 4.90 Å². The summed E-state index contributed by atoms with van der Waals surface area (Å²) in [5.41, 5.74) is -0.520. The minimum atomic E-state index is -0.640. The van der Waals surface area contributed by atoms with Crippen molar-refractivity contribution in [2.24, 2.45) is 5.92 Å². The van der Waals surface area contributed by atoms with Crippen molar-refractivity contribution in [3.63, 3.8) is 0 Å². The van der Waals surface area contributed by atoms with Gasteiger partial charge in [-0.2, -0.15) is 5.26 Å². The SMILES string of the molecule is CN(C)CCCC(C#N)C(=O)OC(C)(C)C. The van der Waals surface area contributed by atoms with Crippen LogP contribution in [0.4, 0.5) is 0 Å². The maximum atomic E-state index is 11.6. The van der Waals surface area contributed by atoms with Gasteiger partial charge in [0.15, 0.2) is 0 Å². The van der Waals surface area contributed by atoms with Gasteiger partial charge in [0.05, 0.1) is 6.07 Å². The number of ether oxygens (including phenoxy) is 1. The molecular weight excluding hydrogens is 204 g/mol. The van der Waals surface area contributed by atoms with E-state index in [9.17, 15) is 4.79 Å². The summed E-state index contributed by atoms with van der Waals surface area (Å²) in [5.74, 6) is -1.05. The van der Waals surface area contributed by atoms with Crippen LogP contribution in [0, 0.1) is 17.2 Å². The predicted octanol–water partition coefficient (Wildman–Crippen LogP) is 1.81. The van der Waals surface area contributed by atoms with Crippen molar-refractivity contribution >= 4 is 5.97 Å². The van der Waals surface area contributed by atoms with Crippen LogP contribution in [0.1, 0.15) is 33.6 Å². The van der Waals surface area contributed by atoms with E-state index in [1.54, 1.807) is 20.8 Å². The molecule has 16 heavy (non-hydrogen) atoms. The first kappa shape index (κ1) is 14.9. The van der Waals surface area contributed by atoms with Gasteiger partial charge in [-0.25, -0.2) is 0 Å². The van der Waals surface area contributed by atoms with Crippen LogP contribution in [-0.2, 0) is 9.53 Å². The second-order valence-electron chi connectivity index (χ2n) is 5.16. The highest BCUT2D eigenvalue weighted by atomic mass is 16.6. The highest BCUT2D eigenvalue weighted by Crippen LogP contribution is 2.14. The monoisotopic (exact) mass is 226 g/mol. The van der Waals surface area contributed by atoms with Crippen LogP contribution in [-0.4, -0.2) is 37.1 Å². The molecule has 0 aliphatic heterocycles. The Balaban J connectivity index is 4.09. The summed E-state index contributed by atoms with van der Waals surface area (Å²) in [6.07, 6.45) is 1.38. The molecule has 4 heteroatoms. The second-order valence-corrected chi connectivity index (χ2v) is 5.16. The number of hydrogen-bond acceptors (Lipinski definition) is 4. The number of nitriles is 1. The molecule has 0 radical (unpaired) electrons. The zero-order valence-corrected chi connectivity index (χ0v) is 10.9. The lowest BCUT2D eigenvalue weighted by Gasteiger charge is -2.21. The maximum Gasteiger partial charge on any atom is 0.323 e. The molecule has 0 rings (SSSR count). The van der Waals surface area contributed by atoms with E-state index < -0.39 is 17.5 Å². The van der Waals surface area contributed by atoms with Crippen LogP contribution in [0.15, 0.2) is 0 Å². The number of hydrogen-bond donors (Lipinski definition) is 0. The van der Waals surface area contributed by atoms with E-state index in [1.807, 2.05) is 25.1 Å².